The highest BCUT2D eigenvalue weighted by Crippen LogP contribution is 2.52. The first-order chi connectivity index (χ1) is 13.2. The summed E-state index contributed by atoms with van der Waals surface area (Å²) in [5.41, 5.74) is 2.66. The van der Waals surface area contributed by atoms with Gasteiger partial charge in [0.15, 0.2) is 11.5 Å². The van der Waals surface area contributed by atoms with Crippen molar-refractivity contribution in [1.82, 2.24) is 4.98 Å². The maximum absolute atomic E-state index is 12.3. The van der Waals surface area contributed by atoms with Crippen LogP contribution < -0.4 is 18.9 Å². The van der Waals surface area contributed by atoms with Crippen LogP contribution in [0, 0.1) is 0 Å². The van der Waals surface area contributed by atoms with Crippen LogP contribution in [0.25, 0.3) is 10.9 Å². The molecular formula is C21H19NO5. The number of nitrogens with zero attached hydrogens (tertiary/aromatic N) is 1. The maximum atomic E-state index is 12.3. The molecule has 6 heteroatoms. The molecule has 3 aromatic rings. The van der Waals surface area contributed by atoms with E-state index in [9.17, 15) is 4.79 Å². The van der Waals surface area contributed by atoms with Crippen molar-refractivity contribution >= 4 is 16.9 Å². The summed E-state index contributed by atoms with van der Waals surface area (Å²) < 4.78 is 22.0. The Hall–Kier alpha value is -3.28. The molecule has 0 fully saturated rings. The minimum absolute atomic E-state index is 0.213. The zero-order chi connectivity index (χ0) is 19.0. The molecule has 1 unspecified atom stereocenters. The highest BCUT2D eigenvalue weighted by molar-refractivity contribution is 5.83. The summed E-state index contributed by atoms with van der Waals surface area (Å²) in [6, 6.07) is 11.5. The monoisotopic (exact) mass is 365 g/mol. The number of esters is 1. The van der Waals surface area contributed by atoms with Crippen molar-refractivity contribution in [2.24, 2.45) is 0 Å². The molecule has 1 aliphatic rings. The van der Waals surface area contributed by atoms with Gasteiger partial charge in [-0.15, -0.1) is 0 Å². The number of rotatable bonds is 4. The predicted molar refractivity (Wildman–Crippen MR) is 99.9 cm³/mol. The van der Waals surface area contributed by atoms with Crippen LogP contribution in [0.5, 0.6) is 23.0 Å². The number of carbonyl (C=O) groups excluding carboxylic acids is 1. The van der Waals surface area contributed by atoms with E-state index in [1.54, 1.807) is 26.5 Å². The molecule has 0 saturated carbocycles. The average molecular weight is 365 g/mol. The largest absolute Gasteiger partial charge is 0.493 e. The van der Waals surface area contributed by atoms with Crippen molar-refractivity contribution in [2.75, 3.05) is 21.3 Å². The summed E-state index contributed by atoms with van der Waals surface area (Å²) in [6.45, 7) is 0. The van der Waals surface area contributed by atoms with Gasteiger partial charge in [-0.3, -0.25) is 9.78 Å². The zero-order valence-electron chi connectivity index (χ0n) is 15.3. The van der Waals surface area contributed by atoms with Gasteiger partial charge in [-0.25, -0.2) is 0 Å². The number of hydrogen-bond donors (Lipinski definition) is 0. The van der Waals surface area contributed by atoms with Gasteiger partial charge < -0.3 is 18.9 Å². The van der Waals surface area contributed by atoms with Gasteiger partial charge in [0.25, 0.3) is 0 Å². The quantitative estimate of drug-likeness (QED) is 0.519. The Labute approximate surface area is 156 Å². The van der Waals surface area contributed by atoms with Crippen molar-refractivity contribution < 1.29 is 23.7 Å². The van der Waals surface area contributed by atoms with Gasteiger partial charge in [-0.05, 0) is 23.8 Å². The number of aromatic nitrogens is 1. The number of carbonyl (C=O) groups is 1. The fourth-order valence-electron chi connectivity index (χ4n) is 3.60. The lowest BCUT2D eigenvalue weighted by Crippen LogP contribution is -2.22. The van der Waals surface area contributed by atoms with Crippen LogP contribution in [-0.4, -0.2) is 32.3 Å². The highest BCUT2D eigenvalue weighted by Gasteiger charge is 2.35. The first-order valence-corrected chi connectivity index (χ1v) is 8.54. The summed E-state index contributed by atoms with van der Waals surface area (Å²) in [5, 5.41) is 1.01. The Balaban J connectivity index is 1.94. The summed E-state index contributed by atoms with van der Waals surface area (Å²) in [5.74, 6) is 1.34. The first-order valence-electron chi connectivity index (χ1n) is 8.54. The van der Waals surface area contributed by atoms with Crippen LogP contribution in [0.3, 0.4) is 0 Å². The Kier molecular flexibility index (Phi) is 4.32. The Morgan fingerprint density at radius 3 is 2.59 bits per heavy atom. The molecule has 0 spiro atoms. The molecule has 0 amide bonds. The molecule has 0 aliphatic carbocycles. The smallest absolute Gasteiger partial charge is 0.312 e. The van der Waals surface area contributed by atoms with Crippen molar-refractivity contribution in [3.63, 3.8) is 0 Å². The lowest BCUT2D eigenvalue weighted by atomic mass is 9.85. The van der Waals surface area contributed by atoms with Crippen LogP contribution in [0.15, 0.2) is 42.6 Å². The van der Waals surface area contributed by atoms with Crippen LogP contribution in [0.4, 0.5) is 0 Å². The fraction of sp³-hybridized carbons (Fsp3) is 0.238. The molecule has 4 rings (SSSR count). The van der Waals surface area contributed by atoms with Gasteiger partial charge in [0.1, 0.15) is 5.75 Å². The Morgan fingerprint density at radius 1 is 1.04 bits per heavy atom. The van der Waals surface area contributed by atoms with Crippen LogP contribution in [-0.2, 0) is 4.79 Å². The van der Waals surface area contributed by atoms with Crippen molar-refractivity contribution in [3.05, 3.63) is 53.7 Å². The van der Waals surface area contributed by atoms with E-state index in [2.05, 4.69) is 4.98 Å². The van der Waals surface area contributed by atoms with E-state index >= 15 is 0 Å². The second-order valence-corrected chi connectivity index (χ2v) is 6.24. The van der Waals surface area contributed by atoms with Crippen molar-refractivity contribution in [2.45, 2.75) is 12.3 Å². The first kappa shape index (κ1) is 17.1. The van der Waals surface area contributed by atoms with Crippen LogP contribution in [0.2, 0.25) is 0 Å². The third-order valence-corrected chi connectivity index (χ3v) is 4.80. The Morgan fingerprint density at radius 2 is 1.85 bits per heavy atom. The van der Waals surface area contributed by atoms with Gasteiger partial charge in [0.2, 0.25) is 5.75 Å². The van der Waals surface area contributed by atoms with Gasteiger partial charge in [-0.2, -0.15) is 0 Å². The minimum atomic E-state index is -0.298. The number of fused-ring (bicyclic) bond motifs is 2. The summed E-state index contributed by atoms with van der Waals surface area (Å²) >= 11 is 0. The SMILES string of the molecule is COc1cc2c(c(OC)c1OC)C(c1ccc3ncccc3c1)CC(=O)O2. The second kappa shape index (κ2) is 6.79. The van der Waals surface area contributed by atoms with E-state index in [0.29, 0.717) is 23.0 Å². The van der Waals surface area contributed by atoms with Crippen molar-refractivity contribution in [3.8, 4) is 23.0 Å². The Bertz CT molecular complexity index is 1030. The lowest BCUT2D eigenvalue weighted by molar-refractivity contribution is -0.135. The van der Waals surface area contributed by atoms with E-state index < -0.39 is 0 Å². The lowest BCUT2D eigenvalue weighted by Gasteiger charge is -2.28. The molecule has 1 aliphatic heterocycles. The number of methoxy groups -OCH3 is 3. The molecule has 1 atom stereocenters. The second-order valence-electron chi connectivity index (χ2n) is 6.24. The molecule has 0 N–H and O–H groups in total. The third kappa shape index (κ3) is 2.83. The fourth-order valence-corrected chi connectivity index (χ4v) is 3.60. The number of hydrogen-bond acceptors (Lipinski definition) is 6. The predicted octanol–water partition coefficient (Wildman–Crippen LogP) is 3.70. The summed E-state index contributed by atoms with van der Waals surface area (Å²) in [4.78, 5) is 16.6. The molecule has 27 heavy (non-hydrogen) atoms. The van der Waals surface area contributed by atoms with E-state index in [1.165, 1.54) is 7.11 Å². The minimum Gasteiger partial charge on any atom is -0.493 e. The van der Waals surface area contributed by atoms with E-state index in [1.807, 2.05) is 30.3 Å². The molecular weight excluding hydrogens is 346 g/mol. The standard InChI is InChI=1S/C21H19NO5/c1-24-17-11-16-19(21(26-3)20(17)25-2)14(10-18(23)27-16)12-6-7-15-13(9-12)5-4-8-22-15/h4-9,11,14H,10H2,1-3H3. The zero-order valence-corrected chi connectivity index (χ0v) is 15.3. The molecule has 6 nitrogen and oxygen atoms in total. The molecule has 0 radical (unpaired) electrons. The molecule has 0 bridgehead atoms. The molecule has 2 aromatic carbocycles. The van der Waals surface area contributed by atoms with Crippen LogP contribution in [0.1, 0.15) is 23.5 Å². The number of ether oxygens (including phenoxy) is 4. The molecule has 138 valence electrons. The normalized spacial score (nSPS) is 15.8. The van der Waals surface area contributed by atoms with Gasteiger partial charge in [0, 0.05) is 29.1 Å². The van der Waals surface area contributed by atoms with Crippen molar-refractivity contribution in [1.29, 1.82) is 0 Å². The number of benzene rings is 2. The van der Waals surface area contributed by atoms with E-state index in [4.69, 9.17) is 18.9 Å². The molecule has 0 saturated heterocycles. The van der Waals surface area contributed by atoms with E-state index in [-0.39, 0.29) is 18.3 Å². The van der Waals surface area contributed by atoms with E-state index in [0.717, 1.165) is 22.0 Å². The van der Waals surface area contributed by atoms with Gasteiger partial charge >= 0.3 is 5.97 Å². The number of pyridine rings is 1. The molecule has 2 heterocycles. The van der Waals surface area contributed by atoms with Gasteiger partial charge in [0.05, 0.1) is 33.3 Å². The average Bonchev–Trinajstić information content (AvgIpc) is 2.71. The summed E-state index contributed by atoms with van der Waals surface area (Å²) in [7, 11) is 4.65. The molecule has 1 aromatic heterocycles. The third-order valence-electron chi connectivity index (χ3n) is 4.80. The van der Waals surface area contributed by atoms with Crippen LogP contribution >= 0.6 is 0 Å². The van der Waals surface area contributed by atoms with Gasteiger partial charge in [-0.1, -0.05) is 12.1 Å². The topological polar surface area (TPSA) is 66.9 Å². The summed E-state index contributed by atoms with van der Waals surface area (Å²) in [6.07, 6.45) is 1.97. The highest BCUT2D eigenvalue weighted by atomic mass is 16.5. The maximum Gasteiger partial charge on any atom is 0.312 e.